The topological polar surface area (TPSA) is 107 Å². The van der Waals surface area contributed by atoms with E-state index in [9.17, 15) is 14.0 Å². The third-order valence-electron chi connectivity index (χ3n) is 6.44. The number of amides is 1. The molecule has 4 aromatic rings. The fraction of sp³-hybridized carbons (Fsp3) is 0.357. The van der Waals surface area contributed by atoms with Crippen LogP contribution in [0.5, 0.6) is 0 Å². The summed E-state index contributed by atoms with van der Waals surface area (Å²) in [5.74, 6) is -0.273. The number of halogens is 2. The van der Waals surface area contributed by atoms with Crippen molar-refractivity contribution in [3.63, 3.8) is 0 Å². The van der Waals surface area contributed by atoms with Crippen LogP contribution in [-0.2, 0) is 6.54 Å². The Balaban J connectivity index is 0.00000267. The Bertz CT molecular complexity index is 1460. The molecule has 1 amide bonds. The van der Waals surface area contributed by atoms with Gasteiger partial charge in [0.1, 0.15) is 17.0 Å². The zero-order valence-corrected chi connectivity index (χ0v) is 22.7. The Morgan fingerprint density at radius 1 is 1.13 bits per heavy atom. The number of fused-ring (bicyclic) bond motifs is 1. The van der Waals surface area contributed by atoms with Crippen molar-refractivity contribution in [2.24, 2.45) is 11.7 Å². The zero-order chi connectivity index (χ0) is 26.7. The first-order valence-electron chi connectivity index (χ1n) is 12.4. The van der Waals surface area contributed by atoms with Crippen LogP contribution in [-0.4, -0.2) is 38.6 Å². The van der Waals surface area contributed by atoms with Gasteiger partial charge in [-0.25, -0.2) is 4.39 Å². The van der Waals surface area contributed by atoms with Gasteiger partial charge in [0.05, 0.1) is 18.3 Å². The lowest BCUT2D eigenvalue weighted by molar-refractivity contribution is -0.0000195. The van der Waals surface area contributed by atoms with Gasteiger partial charge in [-0.05, 0) is 62.6 Å². The molecule has 38 heavy (non-hydrogen) atoms. The zero-order valence-electron chi connectivity index (χ0n) is 22.9. The predicted molar refractivity (Wildman–Crippen MR) is 141 cm³/mol. The number of hydrogen-bond acceptors (Lipinski definition) is 6. The molecule has 2 aromatic heterocycles. The fourth-order valence-electron chi connectivity index (χ4n) is 4.52. The third kappa shape index (κ3) is 5.95. The van der Waals surface area contributed by atoms with Crippen LogP contribution in [0.25, 0.3) is 11.1 Å². The minimum Gasteiger partial charge on any atom is -1.00 e. The predicted octanol–water partition coefficient (Wildman–Crippen LogP) is 1.49. The van der Waals surface area contributed by atoms with Gasteiger partial charge in [-0.1, -0.05) is 48.8 Å². The van der Waals surface area contributed by atoms with Crippen molar-refractivity contribution in [2.45, 2.75) is 46.7 Å². The van der Waals surface area contributed by atoms with Gasteiger partial charge in [-0.3, -0.25) is 14.2 Å². The highest BCUT2D eigenvalue weighted by molar-refractivity contribution is 5.94. The standard InChI is InChI=1S/C28H32FN5O3.ClH/c1-17(2)24(33(15-5-14-30)27(35)21-10-6-18(3)7-11-21)25-31-26-23(19(4)32-37-26)28(36)34(25)16-20-8-12-22(29)13-9-20;/h6-13,17,24H,5,14-16,30H2,1-4H3;1H. The quantitative estimate of drug-likeness (QED) is 0.344. The lowest BCUT2D eigenvalue weighted by Crippen LogP contribution is -3.00. The Hall–Kier alpha value is -3.56. The average Bonchev–Trinajstić information content (AvgIpc) is 3.25. The second kappa shape index (κ2) is 12.3. The second-order valence-electron chi connectivity index (χ2n) is 9.63. The number of carbonyl (C=O) groups excluding carboxylic acids is 1. The van der Waals surface area contributed by atoms with Gasteiger partial charge < -0.3 is 27.6 Å². The van der Waals surface area contributed by atoms with E-state index in [0.29, 0.717) is 36.6 Å². The highest BCUT2D eigenvalue weighted by Crippen LogP contribution is 2.30. The van der Waals surface area contributed by atoms with Crippen molar-refractivity contribution < 1.29 is 27.5 Å². The maximum absolute atomic E-state index is 13.8. The molecule has 0 aliphatic rings. The maximum Gasteiger partial charge on any atom is 1.00 e. The van der Waals surface area contributed by atoms with E-state index in [1.165, 1.54) is 12.1 Å². The summed E-state index contributed by atoms with van der Waals surface area (Å²) in [6, 6.07) is 12.8. The Morgan fingerprint density at radius 3 is 2.39 bits per heavy atom. The molecule has 8 nitrogen and oxygen atoms in total. The van der Waals surface area contributed by atoms with E-state index in [-0.39, 0.29) is 54.7 Å². The highest BCUT2D eigenvalue weighted by Gasteiger charge is 2.33. The largest absolute Gasteiger partial charge is 1.00 e. The summed E-state index contributed by atoms with van der Waals surface area (Å²) in [6.07, 6.45) is 0.576. The van der Waals surface area contributed by atoms with Crippen LogP contribution in [0.4, 0.5) is 4.39 Å². The normalized spacial score (nSPS) is 12.0. The Labute approximate surface area is 228 Å². The van der Waals surface area contributed by atoms with Crippen LogP contribution in [0, 0.1) is 25.6 Å². The number of nitrogens with zero attached hydrogens (tertiary/aromatic N) is 4. The van der Waals surface area contributed by atoms with E-state index in [1.807, 2.05) is 32.9 Å². The SMILES string of the molecule is Cc1ccc(C(=O)N(CCCN)C(c2nc3onc(C)c3c(=O)n2Cc2ccc(F)cc2)C(C)C)cc1.[Cl-].[H+]. The number of nitrogens with two attached hydrogens (primary N) is 1. The second-order valence-corrected chi connectivity index (χ2v) is 9.63. The van der Waals surface area contributed by atoms with Gasteiger partial charge >= 0.3 is 1.43 Å². The molecule has 10 heteroatoms. The van der Waals surface area contributed by atoms with Crippen LogP contribution in [0.3, 0.4) is 0 Å². The molecule has 2 aromatic carbocycles. The van der Waals surface area contributed by atoms with Crippen molar-refractivity contribution in [1.29, 1.82) is 0 Å². The van der Waals surface area contributed by atoms with E-state index in [2.05, 4.69) is 5.16 Å². The summed E-state index contributed by atoms with van der Waals surface area (Å²) < 4.78 is 20.5. The lowest BCUT2D eigenvalue weighted by atomic mass is 9.98. The van der Waals surface area contributed by atoms with Crippen molar-refractivity contribution >= 4 is 17.0 Å². The van der Waals surface area contributed by atoms with E-state index in [4.69, 9.17) is 15.2 Å². The summed E-state index contributed by atoms with van der Waals surface area (Å²) in [6.45, 7) is 8.54. The van der Waals surface area contributed by atoms with Gasteiger partial charge in [-0.2, -0.15) is 4.98 Å². The Kier molecular flexibility index (Phi) is 9.40. The van der Waals surface area contributed by atoms with Gasteiger partial charge in [-0.15, -0.1) is 0 Å². The van der Waals surface area contributed by atoms with Crippen LogP contribution >= 0.6 is 0 Å². The monoisotopic (exact) mass is 541 g/mol. The van der Waals surface area contributed by atoms with Gasteiger partial charge in [0.2, 0.25) is 0 Å². The molecule has 0 bridgehead atoms. The van der Waals surface area contributed by atoms with E-state index >= 15 is 0 Å². The molecular weight excluding hydrogens is 509 g/mol. The first-order valence-corrected chi connectivity index (χ1v) is 12.4. The van der Waals surface area contributed by atoms with Gasteiger partial charge in [0.25, 0.3) is 17.2 Å². The smallest absolute Gasteiger partial charge is 1.00 e. The van der Waals surface area contributed by atoms with Crippen LogP contribution in [0.1, 0.15) is 60.7 Å². The fourth-order valence-corrected chi connectivity index (χ4v) is 4.52. The number of aromatic nitrogens is 3. The van der Waals surface area contributed by atoms with Crippen molar-refractivity contribution in [3.8, 4) is 0 Å². The van der Waals surface area contributed by atoms with Crippen LogP contribution < -0.4 is 23.7 Å². The van der Waals surface area contributed by atoms with Crippen LogP contribution in [0.15, 0.2) is 57.8 Å². The average molecular weight is 542 g/mol. The van der Waals surface area contributed by atoms with Crippen molar-refractivity contribution in [3.05, 3.63) is 92.9 Å². The maximum atomic E-state index is 13.8. The minimum absolute atomic E-state index is 0. The molecule has 0 saturated heterocycles. The van der Waals surface area contributed by atoms with Crippen LogP contribution in [0.2, 0.25) is 0 Å². The molecule has 2 heterocycles. The van der Waals surface area contributed by atoms with E-state index in [0.717, 1.165) is 11.1 Å². The molecule has 1 unspecified atom stereocenters. The highest BCUT2D eigenvalue weighted by atomic mass is 35.5. The Morgan fingerprint density at radius 2 is 1.79 bits per heavy atom. The van der Waals surface area contributed by atoms with Crippen molar-refractivity contribution in [2.75, 3.05) is 13.1 Å². The molecule has 0 fully saturated rings. The summed E-state index contributed by atoms with van der Waals surface area (Å²) >= 11 is 0. The first kappa shape index (κ1) is 29.0. The minimum atomic E-state index is -0.566. The lowest BCUT2D eigenvalue weighted by Gasteiger charge is -2.35. The summed E-state index contributed by atoms with van der Waals surface area (Å²) in [7, 11) is 0. The summed E-state index contributed by atoms with van der Waals surface area (Å²) in [5, 5.41) is 4.23. The molecule has 2 N–H and O–H groups in total. The first-order chi connectivity index (χ1) is 17.7. The molecule has 0 spiro atoms. The molecule has 0 saturated carbocycles. The third-order valence-corrected chi connectivity index (χ3v) is 6.44. The molecule has 202 valence electrons. The summed E-state index contributed by atoms with van der Waals surface area (Å²) in [4.78, 5) is 34.1. The summed E-state index contributed by atoms with van der Waals surface area (Å²) in [5.41, 5.74) is 8.38. The number of aryl methyl sites for hydroxylation is 2. The number of benzene rings is 2. The molecular formula is C28H33ClFN5O3. The van der Waals surface area contributed by atoms with Crippen molar-refractivity contribution in [1.82, 2.24) is 19.6 Å². The van der Waals surface area contributed by atoms with E-state index in [1.54, 1.807) is 40.7 Å². The van der Waals surface area contributed by atoms with E-state index < -0.39 is 6.04 Å². The molecule has 4 rings (SSSR count). The number of carbonyl (C=O) groups is 1. The number of hydrogen-bond donors (Lipinski definition) is 1. The van der Waals surface area contributed by atoms with Gasteiger partial charge in [0.15, 0.2) is 0 Å². The molecule has 1 atom stereocenters. The molecule has 0 radical (unpaired) electrons. The molecule has 0 aliphatic carbocycles. The van der Waals surface area contributed by atoms with Gasteiger partial charge in [0, 0.05) is 12.1 Å². The number of rotatable bonds is 9. The molecule has 0 aliphatic heterocycles.